The van der Waals surface area contributed by atoms with Gasteiger partial charge in [-0.1, -0.05) is 38.1 Å². The van der Waals surface area contributed by atoms with E-state index in [9.17, 15) is 4.79 Å². The van der Waals surface area contributed by atoms with Crippen molar-refractivity contribution in [2.75, 3.05) is 6.54 Å². The minimum Gasteiger partial charge on any atom is -0.287 e. The third kappa shape index (κ3) is 2.14. The Hall–Kier alpha value is -1.61. The molecule has 1 fully saturated rings. The topological polar surface area (TPSA) is 41.1 Å². The Kier molecular flexibility index (Phi) is 3.06. The van der Waals surface area contributed by atoms with Gasteiger partial charge in [-0.25, -0.2) is 5.43 Å². The van der Waals surface area contributed by atoms with E-state index in [1.165, 1.54) is 5.56 Å². The van der Waals surface area contributed by atoms with Gasteiger partial charge in [0.1, 0.15) is 0 Å². The number of hydrazine groups is 1. The van der Waals surface area contributed by atoms with E-state index in [2.05, 4.69) is 30.8 Å². The maximum absolute atomic E-state index is 11.4. The number of carbonyl (C=O) groups is 1. The normalized spacial score (nSPS) is 18.2. The molecule has 1 aromatic carbocycles. The molecule has 2 N–H and O–H groups in total. The van der Waals surface area contributed by atoms with E-state index in [1.54, 1.807) is 0 Å². The molecule has 0 bridgehead atoms. The Morgan fingerprint density at radius 3 is 2.69 bits per heavy atom. The number of amides is 1. The van der Waals surface area contributed by atoms with Crippen molar-refractivity contribution in [2.45, 2.75) is 19.8 Å². The molecule has 16 heavy (non-hydrogen) atoms. The smallest absolute Gasteiger partial charge is 0.262 e. The third-order valence-electron chi connectivity index (χ3n) is 2.72. The number of hydrogen-bond donors (Lipinski definition) is 2. The van der Waals surface area contributed by atoms with Crippen molar-refractivity contribution >= 4 is 12.0 Å². The lowest BCUT2D eigenvalue weighted by Gasteiger charge is -2.09. The largest absolute Gasteiger partial charge is 0.287 e. The van der Waals surface area contributed by atoms with Crippen molar-refractivity contribution in [3.63, 3.8) is 0 Å². The molecule has 0 aromatic heterocycles. The minimum atomic E-state index is -0.0291. The first-order valence-electron chi connectivity index (χ1n) is 5.51. The van der Waals surface area contributed by atoms with Gasteiger partial charge < -0.3 is 0 Å². The molecule has 1 heterocycles. The van der Waals surface area contributed by atoms with E-state index < -0.39 is 0 Å². The summed E-state index contributed by atoms with van der Waals surface area (Å²) in [4.78, 5) is 11.4. The molecule has 0 atom stereocenters. The molecule has 0 spiro atoms. The SMILES string of the molecule is CC(C)c1ccccc1/C=C1\CNNC1=O. The highest BCUT2D eigenvalue weighted by Crippen LogP contribution is 2.21. The van der Waals surface area contributed by atoms with Crippen LogP contribution in [0.2, 0.25) is 0 Å². The molecule has 1 amide bonds. The number of benzene rings is 1. The Labute approximate surface area is 95.5 Å². The van der Waals surface area contributed by atoms with Gasteiger partial charge in [0.25, 0.3) is 5.91 Å². The van der Waals surface area contributed by atoms with Crippen molar-refractivity contribution in [3.8, 4) is 0 Å². The van der Waals surface area contributed by atoms with Gasteiger partial charge in [0.05, 0.1) is 0 Å². The second-order valence-electron chi connectivity index (χ2n) is 4.26. The zero-order valence-corrected chi connectivity index (χ0v) is 9.58. The van der Waals surface area contributed by atoms with Gasteiger partial charge in [-0.2, -0.15) is 0 Å². The van der Waals surface area contributed by atoms with E-state index in [-0.39, 0.29) is 5.91 Å². The fourth-order valence-electron chi connectivity index (χ4n) is 1.85. The lowest BCUT2D eigenvalue weighted by Crippen LogP contribution is -2.25. The van der Waals surface area contributed by atoms with Crippen molar-refractivity contribution in [2.24, 2.45) is 0 Å². The standard InChI is InChI=1S/C13H16N2O/c1-9(2)12-6-4-3-5-10(12)7-11-8-14-15-13(11)16/h3-7,9,14H,8H2,1-2H3,(H,15,16)/b11-7+. The highest BCUT2D eigenvalue weighted by Gasteiger charge is 2.16. The first kappa shape index (κ1) is 10.9. The fourth-order valence-corrected chi connectivity index (χ4v) is 1.85. The van der Waals surface area contributed by atoms with Gasteiger partial charge in [-0.3, -0.25) is 10.2 Å². The highest BCUT2D eigenvalue weighted by molar-refractivity contribution is 5.99. The van der Waals surface area contributed by atoms with Crippen LogP contribution < -0.4 is 10.9 Å². The third-order valence-corrected chi connectivity index (χ3v) is 2.72. The van der Waals surface area contributed by atoms with Gasteiger partial charge in [0.15, 0.2) is 0 Å². The molecule has 0 aliphatic carbocycles. The highest BCUT2D eigenvalue weighted by atomic mass is 16.2. The summed E-state index contributed by atoms with van der Waals surface area (Å²) >= 11 is 0. The number of nitrogens with one attached hydrogen (secondary N) is 2. The summed E-state index contributed by atoms with van der Waals surface area (Å²) in [5, 5.41) is 0. The number of rotatable bonds is 2. The van der Waals surface area contributed by atoms with Gasteiger partial charge in [-0.15, -0.1) is 0 Å². The summed E-state index contributed by atoms with van der Waals surface area (Å²) < 4.78 is 0. The quantitative estimate of drug-likeness (QED) is 0.740. The molecule has 1 aliphatic rings. The Morgan fingerprint density at radius 1 is 1.31 bits per heavy atom. The molecule has 1 saturated heterocycles. The monoisotopic (exact) mass is 216 g/mol. The molecule has 0 unspecified atom stereocenters. The Bertz CT molecular complexity index is 435. The van der Waals surface area contributed by atoms with Crippen molar-refractivity contribution < 1.29 is 4.79 Å². The average Bonchev–Trinajstić information content (AvgIpc) is 2.65. The zero-order chi connectivity index (χ0) is 11.5. The molecular weight excluding hydrogens is 200 g/mol. The van der Waals surface area contributed by atoms with Crippen LogP contribution in [0.5, 0.6) is 0 Å². The van der Waals surface area contributed by atoms with Crippen LogP contribution in [-0.2, 0) is 4.79 Å². The molecule has 1 aromatic rings. The first-order chi connectivity index (χ1) is 7.68. The predicted molar refractivity (Wildman–Crippen MR) is 64.7 cm³/mol. The van der Waals surface area contributed by atoms with E-state index in [4.69, 9.17) is 0 Å². The maximum atomic E-state index is 11.4. The van der Waals surface area contributed by atoms with E-state index in [1.807, 2.05) is 24.3 Å². The van der Waals surface area contributed by atoms with Gasteiger partial charge in [0, 0.05) is 12.1 Å². The lowest BCUT2D eigenvalue weighted by atomic mass is 9.96. The fraction of sp³-hybridized carbons (Fsp3) is 0.308. The second kappa shape index (κ2) is 4.49. The molecule has 0 saturated carbocycles. The summed E-state index contributed by atoms with van der Waals surface area (Å²) in [6.07, 6.45) is 1.96. The van der Waals surface area contributed by atoms with Gasteiger partial charge in [-0.05, 0) is 23.1 Å². The van der Waals surface area contributed by atoms with E-state index >= 15 is 0 Å². The second-order valence-corrected chi connectivity index (χ2v) is 4.26. The molecule has 84 valence electrons. The van der Waals surface area contributed by atoms with Crippen molar-refractivity contribution in [1.29, 1.82) is 0 Å². The van der Waals surface area contributed by atoms with Crippen LogP contribution in [0.4, 0.5) is 0 Å². The Balaban J connectivity index is 2.37. The molecule has 3 heteroatoms. The van der Waals surface area contributed by atoms with Crippen LogP contribution in [0.25, 0.3) is 6.08 Å². The molecule has 1 aliphatic heterocycles. The number of carbonyl (C=O) groups excluding carboxylic acids is 1. The Morgan fingerprint density at radius 2 is 2.06 bits per heavy atom. The minimum absolute atomic E-state index is 0.0291. The summed E-state index contributed by atoms with van der Waals surface area (Å²) in [6, 6.07) is 8.19. The number of hydrogen-bond acceptors (Lipinski definition) is 2. The molecule has 0 radical (unpaired) electrons. The predicted octanol–water partition coefficient (Wildman–Crippen LogP) is 1.83. The summed E-state index contributed by atoms with van der Waals surface area (Å²) in [5.74, 6) is 0.434. The lowest BCUT2D eigenvalue weighted by molar-refractivity contribution is -0.116. The zero-order valence-electron chi connectivity index (χ0n) is 9.58. The van der Waals surface area contributed by atoms with E-state index in [0.717, 1.165) is 11.1 Å². The van der Waals surface area contributed by atoms with Gasteiger partial charge in [0.2, 0.25) is 0 Å². The molecule has 2 rings (SSSR count). The first-order valence-corrected chi connectivity index (χ1v) is 5.51. The van der Waals surface area contributed by atoms with E-state index in [0.29, 0.717) is 12.5 Å². The van der Waals surface area contributed by atoms with Crippen LogP contribution in [-0.4, -0.2) is 12.5 Å². The van der Waals surface area contributed by atoms with Crippen LogP contribution in [0, 0.1) is 0 Å². The average molecular weight is 216 g/mol. The molecular formula is C13H16N2O. The van der Waals surface area contributed by atoms with Crippen LogP contribution >= 0.6 is 0 Å². The van der Waals surface area contributed by atoms with Crippen molar-refractivity contribution in [1.82, 2.24) is 10.9 Å². The molecule has 3 nitrogen and oxygen atoms in total. The van der Waals surface area contributed by atoms with Crippen LogP contribution in [0.15, 0.2) is 29.8 Å². The van der Waals surface area contributed by atoms with Crippen molar-refractivity contribution in [3.05, 3.63) is 41.0 Å². The summed E-state index contributed by atoms with van der Waals surface area (Å²) in [7, 11) is 0. The van der Waals surface area contributed by atoms with Gasteiger partial charge >= 0.3 is 0 Å². The summed E-state index contributed by atoms with van der Waals surface area (Å²) in [5.41, 5.74) is 8.59. The summed E-state index contributed by atoms with van der Waals surface area (Å²) in [6.45, 7) is 4.90. The van der Waals surface area contributed by atoms with Crippen LogP contribution in [0.1, 0.15) is 30.9 Å². The maximum Gasteiger partial charge on any atom is 0.262 e. The van der Waals surface area contributed by atoms with Crippen LogP contribution in [0.3, 0.4) is 0 Å².